The average Bonchev–Trinajstić information content (AvgIpc) is 3.15. The van der Waals surface area contributed by atoms with Gasteiger partial charge in [-0.25, -0.2) is 0 Å². The van der Waals surface area contributed by atoms with E-state index in [1.807, 2.05) is 0 Å². The summed E-state index contributed by atoms with van der Waals surface area (Å²) in [6, 6.07) is 0. The van der Waals surface area contributed by atoms with E-state index in [4.69, 9.17) is 4.74 Å². The first-order valence-corrected chi connectivity index (χ1v) is 9.53. The fourth-order valence-corrected chi connectivity index (χ4v) is 4.01. The van der Waals surface area contributed by atoms with Gasteiger partial charge in [-0.1, -0.05) is 37.6 Å². The van der Waals surface area contributed by atoms with Crippen LogP contribution in [0.3, 0.4) is 0 Å². The van der Waals surface area contributed by atoms with Gasteiger partial charge in [0.25, 0.3) is 0 Å². The molecule has 5 atom stereocenters. The molecule has 0 aromatic heterocycles. The molecule has 1 saturated heterocycles. The van der Waals surface area contributed by atoms with E-state index in [0.717, 1.165) is 32.1 Å². The molecule has 1 aliphatic carbocycles. The Labute approximate surface area is 147 Å². The third-order valence-electron chi connectivity index (χ3n) is 6.27. The molecule has 2 N–H and O–H groups in total. The molecule has 2 aliphatic rings. The van der Waals surface area contributed by atoms with Crippen molar-refractivity contribution in [2.45, 2.75) is 96.6 Å². The first-order valence-electron chi connectivity index (χ1n) is 9.53. The fourth-order valence-electron chi connectivity index (χ4n) is 4.01. The number of aliphatic hydroxyl groups is 2. The predicted molar refractivity (Wildman–Crippen MR) is 98.8 cm³/mol. The third kappa shape index (κ3) is 4.50. The Kier molecular flexibility index (Phi) is 5.99. The largest absolute Gasteiger partial charge is 0.390 e. The van der Waals surface area contributed by atoms with Gasteiger partial charge in [-0.05, 0) is 71.1 Å². The maximum Gasteiger partial charge on any atom is 0.0920 e. The number of hydrogen-bond acceptors (Lipinski definition) is 3. The van der Waals surface area contributed by atoms with Crippen molar-refractivity contribution in [2.75, 3.05) is 0 Å². The molecule has 0 radical (unpaired) electrons. The molecule has 0 bridgehead atoms. The van der Waals surface area contributed by atoms with Gasteiger partial charge in [0.1, 0.15) is 0 Å². The SMILES string of the molecule is C=C1CC[C@@H]2O[C@@]2(C)CC[C@H](/C(=C\CC(O)C(C)(C)O)CC)[C@@H]1C. The minimum Gasteiger partial charge on any atom is -0.390 e. The van der Waals surface area contributed by atoms with Crippen molar-refractivity contribution in [3.8, 4) is 0 Å². The van der Waals surface area contributed by atoms with Crippen LogP contribution in [0, 0.1) is 11.8 Å². The normalized spacial score (nSPS) is 36.4. The second-order valence-corrected chi connectivity index (χ2v) is 8.59. The molecule has 1 unspecified atom stereocenters. The highest BCUT2D eigenvalue weighted by Crippen LogP contribution is 2.48. The van der Waals surface area contributed by atoms with Crippen molar-refractivity contribution < 1.29 is 14.9 Å². The van der Waals surface area contributed by atoms with Crippen molar-refractivity contribution in [2.24, 2.45) is 11.8 Å². The summed E-state index contributed by atoms with van der Waals surface area (Å²) in [4.78, 5) is 0. The maximum atomic E-state index is 10.1. The molecular weight excluding hydrogens is 300 g/mol. The molecule has 1 heterocycles. The quantitative estimate of drug-likeness (QED) is 0.578. The highest BCUT2D eigenvalue weighted by molar-refractivity contribution is 5.17. The van der Waals surface area contributed by atoms with Gasteiger partial charge in [-0.15, -0.1) is 0 Å². The van der Waals surface area contributed by atoms with Gasteiger partial charge in [-0.2, -0.15) is 0 Å². The van der Waals surface area contributed by atoms with Gasteiger partial charge in [0.2, 0.25) is 0 Å². The van der Waals surface area contributed by atoms with Crippen molar-refractivity contribution in [3.63, 3.8) is 0 Å². The Balaban J connectivity index is 2.15. The molecule has 2 fully saturated rings. The van der Waals surface area contributed by atoms with Crippen LogP contribution in [0.15, 0.2) is 23.8 Å². The Morgan fingerprint density at radius 2 is 2.12 bits per heavy atom. The first kappa shape index (κ1) is 19.7. The van der Waals surface area contributed by atoms with Crippen LogP contribution in [0.5, 0.6) is 0 Å². The summed E-state index contributed by atoms with van der Waals surface area (Å²) >= 11 is 0. The van der Waals surface area contributed by atoms with E-state index in [1.54, 1.807) is 13.8 Å². The maximum absolute atomic E-state index is 10.1. The monoisotopic (exact) mass is 336 g/mol. The lowest BCUT2D eigenvalue weighted by molar-refractivity contribution is -0.0457. The molecule has 3 nitrogen and oxygen atoms in total. The lowest BCUT2D eigenvalue weighted by Crippen LogP contribution is -2.35. The van der Waals surface area contributed by atoms with E-state index in [1.165, 1.54) is 11.1 Å². The lowest BCUT2D eigenvalue weighted by Gasteiger charge is -2.29. The number of ether oxygens (including phenoxy) is 1. The second kappa shape index (κ2) is 7.31. The summed E-state index contributed by atoms with van der Waals surface area (Å²) < 4.78 is 5.94. The number of fused-ring (bicyclic) bond motifs is 1. The van der Waals surface area contributed by atoms with Crippen LogP contribution in [0.25, 0.3) is 0 Å². The Morgan fingerprint density at radius 1 is 1.46 bits per heavy atom. The zero-order valence-electron chi connectivity index (χ0n) is 16.1. The molecule has 24 heavy (non-hydrogen) atoms. The lowest BCUT2D eigenvalue weighted by atomic mass is 9.77. The third-order valence-corrected chi connectivity index (χ3v) is 6.27. The number of epoxide rings is 1. The minimum absolute atomic E-state index is 0.0635. The second-order valence-electron chi connectivity index (χ2n) is 8.59. The van der Waals surface area contributed by atoms with E-state index in [0.29, 0.717) is 24.4 Å². The van der Waals surface area contributed by atoms with Crippen LogP contribution >= 0.6 is 0 Å². The van der Waals surface area contributed by atoms with Gasteiger partial charge in [-0.3, -0.25) is 0 Å². The van der Waals surface area contributed by atoms with Gasteiger partial charge in [0.05, 0.1) is 23.4 Å². The zero-order chi connectivity index (χ0) is 18.1. The van der Waals surface area contributed by atoms with E-state index in [2.05, 4.69) is 33.4 Å². The van der Waals surface area contributed by atoms with Gasteiger partial charge < -0.3 is 14.9 Å². The smallest absolute Gasteiger partial charge is 0.0920 e. The minimum atomic E-state index is -1.06. The summed E-state index contributed by atoms with van der Waals surface area (Å²) in [6.07, 6.45) is 7.63. The molecule has 0 spiro atoms. The Morgan fingerprint density at radius 3 is 2.71 bits per heavy atom. The van der Waals surface area contributed by atoms with Crippen molar-refractivity contribution in [1.29, 1.82) is 0 Å². The Bertz CT molecular complexity index is 488. The van der Waals surface area contributed by atoms with Crippen LogP contribution < -0.4 is 0 Å². The summed E-state index contributed by atoms with van der Waals surface area (Å²) in [5, 5.41) is 20.1. The van der Waals surface area contributed by atoms with Gasteiger partial charge >= 0.3 is 0 Å². The molecule has 138 valence electrons. The fraction of sp³-hybridized carbons (Fsp3) is 0.810. The van der Waals surface area contributed by atoms with E-state index >= 15 is 0 Å². The highest BCUT2D eigenvalue weighted by atomic mass is 16.6. The highest BCUT2D eigenvalue weighted by Gasteiger charge is 2.52. The molecule has 3 heteroatoms. The average molecular weight is 337 g/mol. The molecule has 1 aliphatic heterocycles. The molecule has 0 amide bonds. The molecule has 2 rings (SSSR count). The van der Waals surface area contributed by atoms with E-state index in [9.17, 15) is 10.2 Å². The summed E-state index contributed by atoms with van der Waals surface area (Å²) in [5.41, 5.74) is 1.70. The van der Waals surface area contributed by atoms with Crippen LogP contribution in [-0.2, 0) is 4.74 Å². The number of hydrogen-bond donors (Lipinski definition) is 2. The standard InChI is InChI=1S/C21H36O3/c1-7-16(9-10-18(22)20(4,5)23)17-12-13-21(6)19(24-21)11-8-14(2)15(17)3/h9,15,17-19,22-23H,2,7-8,10-13H2,1,3-6H3/b16-9-/t15-,17+,18?,19+,21+/m1/s1. The van der Waals surface area contributed by atoms with Crippen LogP contribution in [0.4, 0.5) is 0 Å². The molecular formula is C21H36O3. The van der Waals surface area contributed by atoms with Gasteiger partial charge in [0, 0.05) is 0 Å². The Hall–Kier alpha value is -0.640. The first-order chi connectivity index (χ1) is 11.1. The van der Waals surface area contributed by atoms with Crippen LogP contribution in [0.2, 0.25) is 0 Å². The predicted octanol–water partition coefficient (Wildman–Crippen LogP) is 4.38. The topological polar surface area (TPSA) is 53.0 Å². The number of rotatable bonds is 5. The van der Waals surface area contributed by atoms with Crippen LogP contribution in [-0.4, -0.2) is 33.6 Å². The van der Waals surface area contributed by atoms with E-state index < -0.39 is 11.7 Å². The summed E-state index contributed by atoms with van der Waals surface area (Å²) in [6.45, 7) is 14.4. The zero-order valence-corrected chi connectivity index (χ0v) is 16.1. The number of allylic oxidation sites excluding steroid dienone is 2. The van der Waals surface area contributed by atoms with Crippen LogP contribution in [0.1, 0.15) is 73.1 Å². The van der Waals surface area contributed by atoms with Crippen molar-refractivity contribution in [3.05, 3.63) is 23.8 Å². The molecule has 0 aromatic carbocycles. The summed E-state index contributed by atoms with van der Waals surface area (Å²) in [7, 11) is 0. The van der Waals surface area contributed by atoms with Crippen molar-refractivity contribution in [1.82, 2.24) is 0 Å². The van der Waals surface area contributed by atoms with E-state index in [-0.39, 0.29) is 5.60 Å². The van der Waals surface area contributed by atoms with Gasteiger partial charge in [0.15, 0.2) is 0 Å². The molecule has 0 aromatic rings. The summed E-state index contributed by atoms with van der Waals surface area (Å²) in [5.74, 6) is 0.910. The number of aliphatic hydroxyl groups excluding tert-OH is 1. The van der Waals surface area contributed by atoms with Crippen molar-refractivity contribution >= 4 is 0 Å². The molecule has 1 saturated carbocycles.